The summed E-state index contributed by atoms with van der Waals surface area (Å²) in [5.74, 6) is -2.33. The lowest BCUT2D eigenvalue weighted by Gasteiger charge is -2.25. The molecule has 0 spiro atoms. The van der Waals surface area contributed by atoms with Crippen molar-refractivity contribution < 1.29 is 24.0 Å². The first-order valence-electron chi connectivity index (χ1n) is 8.79. The van der Waals surface area contributed by atoms with Crippen LogP contribution in [-0.2, 0) is 9.59 Å². The zero-order valence-corrected chi connectivity index (χ0v) is 15.3. The Balaban J connectivity index is 2.17. The van der Waals surface area contributed by atoms with Gasteiger partial charge in [-0.2, -0.15) is 0 Å². The summed E-state index contributed by atoms with van der Waals surface area (Å²) in [4.78, 5) is 27.8. The minimum Gasteiger partial charge on any atom is -0.507 e. The molecular weight excluding hydrogens is 347 g/mol. The lowest BCUT2D eigenvalue weighted by atomic mass is 9.95. The van der Waals surface area contributed by atoms with E-state index in [-0.39, 0.29) is 23.4 Å². The Morgan fingerprint density at radius 3 is 2.33 bits per heavy atom. The minimum absolute atomic E-state index is 0.0787. The number of aliphatic hydroxyl groups is 1. The van der Waals surface area contributed by atoms with Gasteiger partial charge >= 0.3 is 0 Å². The van der Waals surface area contributed by atoms with E-state index in [9.17, 15) is 19.1 Å². The molecule has 0 bridgehead atoms. The molecule has 0 unspecified atom stereocenters. The average molecular weight is 369 g/mol. The maximum Gasteiger partial charge on any atom is 0.295 e. The number of nitrogens with one attached hydrogen (secondary N) is 1. The van der Waals surface area contributed by atoms with Gasteiger partial charge < -0.3 is 14.9 Å². The Bertz CT molecular complexity index is 893. The van der Waals surface area contributed by atoms with E-state index in [1.807, 2.05) is 14.1 Å². The van der Waals surface area contributed by atoms with Crippen molar-refractivity contribution in [3.05, 3.63) is 77.1 Å². The van der Waals surface area contributed by atoms with E-state index >= 15 is 0 Å². The molecule has 1 aliphatic rings. The third-order valence-electron chi connectivity index (χ3n) is 4.64. The average Bonchev–Trinajstić information content (AvgIpc) is 2.91. The van der Waals surface area contributed by atoms with Gasteiger partial charge in [0.05, 0.1) is 38.8 Å². The summed E-state index contributed by atoms with van der Waals surface area (Å²) in [6, 6.07) is 13.6. The predicted octanol–water partition coefficient (Wildman–Crippen LogP) is 1.39. The van der Waals surface area contributed by atoms with Crippen LogP contribution in [0.3, 0.4) is 0 Å². The third kappa shape index (κ3) is 3.61. The van der Waals surface area contributed by atoms with Crippen molar-refractivity contribution in [1.82, 2.24) is 4.90 Å². The van der Waals surface area contributed by atoms with Crippen LogP contribution in [0.5, 0.6) is 0 Å². The van der Waals surface area contributed by atoms with Crippen LogP contribution in [0, 0.1) is 5.82 Å². The van der Waals surface area contributed by atoms with E-state index in [2.05, 4.69) is 0 Å². The van der Waals surface area contributed by atoms with Gasteiger partial charge in [0.2, 0.25) is 0 Å². The molecule has 2 N–H and O–H groups in total. The zero-order chi connectivity index (χ0) is 19.6. The van der Waals surface area contributed by atoms with Crippen LogP contribution in [0.25, 0.3) is 5.76 Å². The second-order valence-corrected chi connectivity index (χ2v) is 6.84. The largest absolute Gasteiger partial charge is 0.507 e. The normalized spacial score (nSPS) is 19.1. The topological polar surface area (TPSA) is 62.0 Å². The van der Waals surface area contributed by atoms with E-state index in [1.165, 1.54) is 11.0 Å². The van der Waals surface area contributed by atoms with Crippen LogP contribution < -0.4 is 4.90 Å². The van der Waals surface area contributed by atoms with Gasteiger partial charge in [0.1, 0.15) is 11.6 Å². The molecule has 2 aromatic carbocycles. The molecule has 27 heavy (non-hydrogen) atoms. The van der Waals surface area contributed by atoms with Crippen molar-refractivity contribution in [2.24, 2.45) is 0 Å². The Hall–Kier alpha value is -2.99. The van der Waals surface area contributed by atoms with Gasteiger partial charge in [0.25, 0.3) is 11.7 Å². The summed E-state index contributed by atoms with van der Waals surface area (Å²) in [5.41, 5.74) is 0.531. The van der Waals surface area contributed by atoms with Gasteiger partial charge in [-0.3, -0.25) is 9.59 Å². The first kappa shape index (κ1) is 18.8. The first-order valence-corrected chi connectivity index (χ1v) is 8.79. The van der Waals surface area contributed by atoms with Crippen LogP contribution in [0.2, 0.25) is 0 Å². The molecule has 1 heterocycles. The Morgan fingerprint density at radius 1 is 1.07 bits per heavy atom. The fourth-order valence-electron chi connectivity index (χ4n) is 3.23. The maximum absolute atomic E-state index is 14.5. The van der Waals surface area contributed by atoms with Crippen molar-refractivity contribution in [2.75, 3.05) is 27.2 Å². The quantitative estimate of drug-likeness (QED) is 0.476. The van der Waals surface area contributed by atoms with E-state index < -0.39 is 23.5 Å². The second-order valence-electron chi connectivity index (χ2n) is 6.84. The molecular formula is C21H22FN2O3+. The number of hydrogen-bond donors (Lipinski definition) is 2. The molecule has 5 nitrogen and oxygen atoms in total. The van der Waals surface area contributed by atoms with Crippen LogP contribution in [-0.4, -0.2) is 48.9 Å². The number of nitrogens with zero attached hydrogens (tertiary/aromatic N) is 1. The highest BCUT2D eigenvalue weighted by Crippen LogP contribution is 2.39. The summed E-state index contributed by atoms with van der Waals surface area (Å²) < 4.78 is 14.5. The van der Waals surface area contributed by atoms with Crippen LogP contribution in [0.4, 0.5) is 4.39 Å². The van der Waals surface area contributed by atoms with Crippen LogP contribution in [0.15, 0.2) is 60.2 Å². The van der Waals surface area contributed by atoms with Crippen LogP contribution >= 0.6 is 0 Å². The molecule has 6 heteroatoms. The molecule has 1 fully saturated rings. The van der Waals surface area contributed by atoms with Crippen molar-refractivity contribution >= 4 is 17.4 Å². The van der Waals surface area contributed by atoms with Gasteiger partial charge in [-0.05, 0) is 6.07 Å². The Labute approximate surface area is 157 Å². The number of amides is 1. The van der Waals surface area contributed by atoms with E-state index in [4.69, 9.17) is 0 Å². The van der Waals surface area contributed by atoms with Gasteiger partial charge in [0, 0.05) is 11.1 Å². The number of benzene rings is 2. The fourth-order valence-corrected chi connectivity index (χ4v) is 3.23. The predicted molar refractivity (Wildman–Crippen MR) is 99.5 cm³/mol. The van der Waals surface area contributed by atoms with Gasteiger partial charge in [-0.15, -0.1) is 0 Å². The van der Waals surface area contributed by atoms with E-state index in [1.54, 1.807) is 48.5 Å². The van der Waals surface area contributed by atoms with Crippen molar-refractivity contribution in [2.45, 2.75) is 6.04 Å². The molecule has 3 rings (SSSR count). The minimum atomic E-state index is -0.953. The number of Topliss-reactive ketones (excluding diaryl/α,β-unsaturated/α-hetero) is 1. The molecule has 1 atom stereocenters. The standard InChI is InChI=1S/C21H21FN2O3/c1-23(2)12-13-24-18(15-10-6-7-11-16(15)22)17(20(26)21(24)27)19(25)14-8-4-3-5-9-14/h3-11,18,25H,12-13H2,1-2H3/p+1/t18-/m1/s1. The summed E-state index contributed by atoms with van der Waals surface area (Å²) in [7, 11) is 3.86. The number of rotatable bonds is 5. The van der Waals surface area contributed by atoms with Gasteiger partial charge in [0.15, 0.2) is 0 Å². The highest BCUT2D eigenvalue weighted by atomic mass is 19.1. The Morgan fingerprint density at radius 2 is 1.70 bits per heavy atom. The maximum atomic E-state index is 14.5. The summed E-state index contributed by atoms with van der Waals surface area (Å²) >= 11 is 0. The van der Waals surface area contributed by atoms with Gasteiger partial charge in [-0.1, -0.05) is 48.5 Å². The smallest absolute Gasteiger partial charge is 0.295 e. The molecule has 1 aliphatic heterocycles. The molecule has 1 amide bonds. The molecule has 1 saturated heterocycles. The first-order chi connectivity index (χ1) is 12.9. The summed E-state index contributed by atoms with van der Waals surface area (Å²) in [5, 5.41) is 10.8. The van der Waals surface area contributed by atoms with Crippen molar-refractivity contribution in [3.8, 4) is 0 Å². The highest BCUT2D eigenvalue weighted by Gasteiger charge is 2.47. The van der Waals surface area contributed by atoms with Gasteiger partial charge in [-0.25, -0.2) is 4.39 Å². The molecule has 0 aromatic heterocycles. The highest BCUT2D eigenvalue weighted by molar-refractivity contribution is 6.46. The van der Waals surface area contributed by atoms with Crippen molar-refractivity contribution in [1.29, 1.82) is 0 Å². The monoisotopic (exact) mass is 369 g/mol. The zero-order valence-electron chi connectivity index (χ0n) is 15.3. The molecule has 0 aliphatic carbocycles. The fraction of sp³-hybridized carbons (Fsp3) is 0.238. The lowest BCUT2D eigenvalue weighted by molar-refractivity contribution is -0.857. The summed E-state index contributed by atoms with van der Waals surface area (Å²) in [6.45, 7) is 0.862. The number of hydrogen-bond acceptors (Lipinski definition) is 3. The molecule has 0 saturated carbocycles. The summed E-state index contributed by atoms with van der Waals surface area (Å²) in [6.07, 6.45) is 0. The lowest BCUT2D eigenvalue weighted by Crippen LogP contribution is -3.06. The number of ketones is 1. The van der Waals surface area contributed by atoms with Crippen LogP contribution in [0.1, 0.15) is 17.2 Å². The number of quaternary nitrogens is 1. The third-order valence-corrected chi connectivity index (χ3v) is 4.64. The van der Waals surface area contributed by atoms with Crippen molar-refractivity contribution in [3.63, 3.8) is 0 Å². The number of likely N-dealkylation sites (tertiary alicyclic amines) is 1. The molecule has 0 radical (unpaired) electrons. The SMILES string of the molecule is C[NH+](C)CCN1C(=O)C(=O)C(=C(O)c2ccccc2)[C@H]1c1ccccc1F. The number of aliphatic hydroxyl groups excluding tert-OH is 1. The second kappa shape index (κ2) is 7.72. The molecule has 140 valence electrons. The number of carbonyl (C=O) groups excluding carboxylic acids is 2. The number of carbonyl (C=O) groups is 2. The number of likely N-dealkylation sites (N-methyl/N-ethyl adjacent to an activating group) is 1. The molecule has 2 aromatic rings. The van der Waals surface area contributed by atoms with E-state index in [0.29, 0.717) is 12.1 Å². The van der Waals surface area contributed by atoms with E-state index in [0.717, 1.165) is 4.90 Å². The Kier molecular flexibility index (Phi) is 5.37. The number of halogens is 1.